The summed E-state index contributed by atoms with van der Waals surface area (Å²) >= 11 is 0. The maximum atomic E-state index is 2.61. The third kappa shape index (κ3) is 7.59. The molecule has 0 amide bonds. The van der Waals surface area contributed by atoms with Gasteiger partial charge in [0.05, 0.1) is 55.5 Å². The van der Waals surface area contributed by atoms with E-state index in [1.807, 2.05) is 0 Å². The Morgan fingerprint density at radius 1 is 0.237 bits per heavy atom. The molecule has 93 heavy (non-hydrogen) atoms. The van der Waals surface area contributed by atoms with Crippen molar-refractivity contribution in [3.63, 3.8) is 0 Å². The highest BCUT2D eigenvalue weighted by atomic mass is 15.2. The molecule has 0 radical (unpaired) electrons. The molecule has 4 aromatic heterocycles. The Hall–Kier alpha value is -11.3. The molecular formula is C86H65BN6. The summed E-state index contributed by atoms with van der Waals surface area (Å²) < 4.78 is 10.1. The van der Waals surface area contributed by atoms with Crippen LogP contribution >= 0.6 is 0 Å². The minimum Gasteiger partial charge on any atom is -0.311 e. The van der Waals surface area contributed by atoms with Gasteiger partial charge in [0.15, 0.2) is 0 Å². The first-order chi connectivity index (χ1) is 45.5. The van der Waals surface area contributed by atoms with Crippen LogP contribution in [0.5, 0.6) is 0 Å². The highest BCUT2D eigenvalue weighted by molar-refractivity contribution is 7.00. The topological polar surface area (TPSA) is 26.2 Å². The quantitative estimate of drug-likeness (QED) is 0.155. The van der Waals surface area contributed by atoms with Crippen LogP contribution in [0.3, 0.4) is 0 Å². The molecule has 17 aromatic rings. The first-order valence-corrected chi connectivity index (χ1v) is 32.7. The van der Waals surface area contributed by atoms with Crippen LogP contribution in [0.25, 0.3) is 110 Å². The van der Waals surface area contributed by atoms with Crippen LogP contribution in [-0.2, 0) is 10.8 Å². The van der Waals surface area contributed by atoms with Crippen LogP contribution in [0, 0.1) is 0 Å². The van der Waals surface area contributed by atoms with E-state index >= 15 is 0 Å². The molecule has 2 aliphatic heterocycles. The van der Waals surface area contributed by atoms with E-state index in [0.717, 1.165) is 33.8 Å². The van der Waals surface area contributed by atoms with Gasteiger partial charge in [0.1, 0.15) is 0 Å². The largest absolute Gasteiger partial charge is 0.311 e. The molecule has 442 valence electrons. The van der Waals surface area contributed by atoms with E-state index in [-0.39, 0.29) is 17.5 Å². The number of hydrogen-bond donors (Lipinski definition) is 0. The zero-order valence-electron chi connectivity index (χ0n) is 52.9. The van der Waals surface area contributed by atoms with Crippen molar-refractivity contribution in [3.05, 3.63) is 296 Å². The van der Waals surface area contributed by atoms with E-state index in [1.54, 1.807) is 0 Å². The van der Waals surface area contributed by atoms with Gasteiger partial charge < -0.3 is 28.1 Å². The van der Waals surface area contributed by atoms with Crippen LogP contribution in [0.15, 0.2) is 285 Å². The second-order valence-corrected chi connectivity index (χ2v) is 27.6. The number of rotatable bonds is 6. The van der Waals surface area contributed by atoms with Gasteiger partial charge in [-0.2, -0.15) is 0 Å². The highest BCUT2D eigenvalue weighted by Gasteiger charge is 2.45. The molecule has 0 atom stereocenters. The summed E-state index contributed by atoms with van der Waals surface area (Å²) in [5.74, 6) is 0. The Balaban J connectivity index is 0.936. The summed E-state index contributed by atoms with van der Waals surface area (Å²) in [6.45, 7) is 13.9. The van der Waals surface area contributed by atoms with Crippen molar-refractivity contribution >= 4 is 144 Å². The van der Waals surface area contributed by atoms with Gasteiger partial charge in [-0.25, -0.2) is 0 Å². The van der Waals surface area contributed by atoms with E-state index in [9.17, 15) is 0 Å². The standard InChI is InChI=1S/C86H65BN6/c1-85(2,3)64-34-13-21-42-74(64)92-76-50-48-54(88-68-36-15-11-30-60(68)62-32-23-46-80(83(62)88)90-70-38-17-7-26-56(70)57-27-8-18-39-71(57)90)52-66(76)87-67-53-55(49-51-77(67)93(79-45-25-44-78(92)82(79)87)75-43-22-14-35-65(75)86(4,5)6)89-69-37-16-12-31-61(69)63-33-24-47-81(84(63)89)91-72-40-19-9-28-58(72)59-29-10-20-41-73(59)91/h7-53H,1-6H3. The number of para-hydroxylation sites is 10. The van der Waals surface area contributed by atoms with Crippen molar-refractivity contribution in [3.8, 4) is 22.7 Å². The van der Waals surface area contributed by atoms with E-state index in [0.29, 0.717) is 0 Å². The Morgan fingerprint density at radius 2 is 0.516 bits per heavy atom. The van der Waals surface area contributed by atoms with Crippen LogP contribution in [0.4, 0.5) is 34.1 Å². The molecule has 2 aliphatic rings. The Kier molecular flexibility index (Phi) is 11.3. The SMILES string of the molecule is CC(C)(C)c1ccccc1N1c2ccc(-n3c4ccccc4c4cccc(-n5c6ccccc6c6ccccc65)c43)cc2B2c3cc(-n4c5ccccc5c5cccc(-n6c7ccccc7c7ccccc76)c54)ccc3N(c3ccccc3C(C)(C)C)c3cccc1c32. The second kappa shape index (κ2) is 19.6. The highest BCUT2D eigenvalue weighted by Crippen LogP contribution is 2.50. The van der Waals surface area contributed by atoms with Crippen molar-refractivity contribution in [1.29, 1.82) is 0 Å². The zero-order valence-corrected chi connectivity index (χ0v) is 52.9. The molecule has 13 aromatic carbocycles. The summed E-state index contributed by atoms with van der Waals surface area (Å²) in [4.78, 5) is 5.22. The molecule has 0 saturated heterocycles. The number of benzene rings is 13. The van der Waals surface area contributed by atoms with Crippen molar-refractivity contribution in [2.75, 3.05) is 9.80 Å². The van der Waals surface area contributed by atoms with Gasteiger partial charge >= 0.3 is 0 Å². The fraction of sp³-hybridized carbons (Fsp3) is 0.0930. The van der Waals surface area contributed by atoms with Gasteiger partial charge in [0.25, 0.3) is 6.71 Å². The lowest BCUT2D eigenvalue weighted by molar-refractivity contribution is 0.591. The van der Waals surface area contributed by atoms with Gasteiger partial charge in [-0.15, -0.1) is 0 Å². The molecule has 0 aliphatic carbocycles. The lowest BCUT2D eigenvalue weighted by Crippen LogP contribution is -2.61. The maximum Gasteiger partial charge on any atom is 0.252 e. The maximum absolute atomic E-state index is 2.61. The van der Waals surface area contributed by atoms with Crippen molar-refractivity contribution in [2.45, 2.75) is 52.4 Å². The van der Waals surface area contributed by atoms with E-state index in [2.05, 4.69) is 355 Å². The number of anilines is 6. The fourth-order valence-corrected chi connectivity index (χ4v) is 16.6. The van der Waals surface area contributed by atoms with Gasteiger partial charge in [-0.3, -0.25) is 0 Å². The number of aromatic nitrogens is 4. The molecule has 0 bridgehead atoms. The van der Waals surface area contributed by atoms with Crippen molar-refractivity contribution < 1.29 is 0 Å². The monoisotopic (exact) mass is 1190 g/mol. The molecule has 6 heterocycles. The average molecular weight is 1190 g/mol. The van der Waals surface area contributed by atoms with E-state index in [1.165, 1.54) is 138 Å². The van der Waals surface area contributed by atoms with E-state index in [4.69, 9.17) is 0 Å². The van der Waals surface area contributed by atoms with Crippen molar-refractivity contribution in [2.24, 2.45) is 0 Å². The first kappa shape index (κ1) is 53.6. The number of nitrogens with zero attached hydrogens (tertiary/aromatic N) is 6. The summed E-state index contributed by atoms with van der Waals surface area (Å²) in [6, 6.07) is 108. The van der Waals surface area contributed by atoms with Crippen molar-refractivity contribution in [1.82, 2.24) is 18.3 Å². The molecule has 0 unspecified atom stereocenters. The zero-order chi connectivity index (χ0) is 62.2. The predicted molar refractivity (Wildman–Crippen MR) is 395 cm³/mol. The molecule has 0 saturated carbocycles. The van der Waals surface area contributed by atoms with Crippen LogP contribution in [0.2, 0.25) is 0 Å². The molecule has 0 N–H and O–H groups in total. The first-order valence-electron chi connectivity index (χ1n) is 32.7. The fourth-order valence-electron chi connectivity index (χ4n) is 16.6. The smallest absolute Gasteiger partial charge is 0.252 e. The molecule has 0 fully saturated rings. The van der Waals surface area contributed by atoms with Gasteiger partial charge in [0, 0.05) is 88.6 Å². The van der Waals surface area contributed by atoms with Gasteiger partial charge in [-0.05, 0) is 148 Å². The molecule has 7 heteroatoms. The summed E-state index contributed by atoms with van der Waals surface area (Å²) in [7, 11) is 0. The van der Waals surface area contributed by atoms with Crippen LogP contribution in [-0.4, -0.2) is 25.0 Å². The molecule has 6 nitrogen and oxygen atoms in total. The van der Waals surface area contributed by atoms with Crippen LogP contribution in [0.1, 0.15) is 52.7 Å². The Labute approximate surface area is 540 Å². The third-order valence-corrected chi connectivity index (χ3v) is 20.4. The number of fused-ring (bicyclic) bond motifs is 16. The minimum absolute atomic E-state index is 0.172. The second-order valence-electron chi connectivity index (χ2n) is 27.6. The molecule has 0 spiro atoms. The van der Waals surface area contributed by atoms with E-state index < -0.39 is 0 Å². The van der Waals surface area contributed by atoms with Crippen LogP contribution < -0.4 is 26.2 Å². The summed E-state index contributed by atoms with van der Waals surface area (Å²) in [5, 5.41) is 9.82. The Morgan fingerprint density at radius 3 is 0.882 bits per heavy atom. The molecule has 19 rings (SSSR count). The lowest BCUT2D eigenvalue weighted by atomic mass is 9.33. The predicted octanol–water partition coefficient (Wildman–Crippen LogP) is 20.8. The Bertz CT molecular complexity index is 5540. The average Bonchev–Trinajstić information content (AvgIpc) is 1.06. The summed E-state index contributed by atoms with van der Waals surface area (Å²) in [6.07, 6.45) is 0. The normalized spacial score (nSPS) is 13.2. The van der Waals surface area contributed by atoms with Gasteiger partial charge in [0.2, 0.25) is 0 Å². The third-order valence-electron chi connectivity index (χ3n) is 20.4. The molecular weight excluding hydrogens is 1130 g/mol. The lowest BCUT2D eigenvalue weighted by Gasteiger charge is -2.45. The number of hydrogen-bond acceptors (Lipinski definition) is 2. The van der Waals surface area contributed by atoms with Gasteiger partial charge in [-0.1, -0.05) is 217 Å². The minimum atomic E-state index is -0.216. The summed E-state index contributed by atoms with van der Waals surface area (Å²) in [5.41, 5.74) is 26.9.